The zero-order valence-electron chi connectivity index (χ0n) is 12.0. The molecule has 0 saturated carbocycles. The molecule has 1 aliphatic rings. The highest BCUT2D eigenvalue weighted by Crippen LogP contribution is 2.31. The monoisotopic (exact) mass is 467 g/mol. The van der Waals surface area contributed by atoms with Gasteiger partial charge in [0.2, 0.25) is 0 Å². The van der Waals surface area contributed by atoms with Gasteiger partial charge >= 0.3 is 11.3 Å². The molecular formula is C14H9F3IN3O2S. The van der Waals surface area contributed by atoms with E-state index < -0.39 is 28.7 Å². The molecule has 2 aromatic rings. The molecule has 10 heteroatoms. The van der Waals surface area contributed by atoms with Crippen LogP contribution in [0.1, 0.15) is 11.1 Å². The molecule has 5 nitrogen and oxygen atoms in total. The van der Waals surface area contributed by atoms with Gasteiger partial charge < -0.3 is 5.32 Å². The van der Waals surface area contributed by atoms with Crippen molar-refractivity contribution in [1.29, 1.82) is 0 Å². The van der Waals surface area contributed by atoms with Gasteiger partial charge in [0, 0.05) is 14.8 Å². The maximum atomic E-state index is 14.3. The van der Waals surface area contributed by atoms with Crippen molar-refractivity contribution in [2.45, 2.75) is 6.92 Å². The minimum Gasteiger partial charge on any atom is -0.352 e. The smallest absolute Gasteiger partial charge is 0.309 e. The molecule has 126 valence electrons. The lowest BCUT2D eigenvalue weighted by Gasteiger charge is -2.15. The van der Waals surface area contributed by atoms with Crippen LogP contribution in [0.5, 0.6) is 0 Å². The first-order valence-corrected chi connectivity index (χ1v) is 8.63. The van der Waals surface area contributed by atoms with E-state index in [1.807, 2.05) is 6.07 Å². The van der Waals surface area contributed by atoms with Crippen LogP contribution in [0, 0.1) is 27.9 Å². The summed E-state index contributed by atoms with van der Waals surface area (Å²) < 4.78 is 61.8. The molecule has 24 heavy (non-hydrogen) atoms. The molecule has 1 heterocycles. The fraction of sp³-hybridized carbons (Fsp3) is 0.0714. The van der Waals surface area contributed by atoms with Gasteiger partial charge in [0.05, 0.1) is 5.69 Å². The average molecular weight is 467 g/mol. The van der Waals surface area contributed by atoms with Crippen molar-refractivity contribution in [3.05, 3.63) is 56.4 Å². The summed E-state index contributed by atoms with van der Waals surface area (Å²) in [4.78, 5) is 0. The Bertz CT molecular complexity index is 892. The zero-order chi connectivity index (χ0) is 17.4. The highest BCUT2D eigenvalue weighted by atomic mass is 127. The van der Waals surface area contributed by atoms with Crippen LogP contribution in [0.3, 0.4) is 0 Å². The lowest BCUT2D eigenvalue weighted by atomic mass is 10.1. The number of amidine groups is 1. The lowest BCUT2D eigenvalue weighted by molar-refractivity contribution is 0.306. The van der Waals surface area contributed by atoms with Crippen LogP contribution in [0.2, 0.25) is 0 Å². The molecule has 0 amide bonds. The molecule has 3 rings (SSSR count). The van der Waals surface area contributed by atoms with Crippen LogP contribution in [0.15, 0.2) is 28.7 Å². The van der Waals surface area contributed by atoms with Crippen molar-refractivity contribution in [3.63, 3.8) is 0 Å². The fourth-order valence-corrected chi connectivity index (χ4v) is 3.22. The number of nitrogens with one attached hydrogen (secondary N) is 2. The van der Waals surface area contributed by atoms with E-state index in [0.717, 1.165) is 15.2 Å². The second-order valence-electron chi connectivity index (χ2n) is 4.84. The van der Waals surface area contributed by atoms with Crippen molar-refractivity contribution < 1.29 is 21.7 Å². The Balaban J connectivity index is 2.13. The van der Waals surface area contributed by atoms with Crippen molar-refractivity contribution >= 4 is 51.1 Å². The molecule has 2 aromatic carbocycles. The van der Waals surface area contributed by atoms with Gasteiger partial charge in [0.15, 0.2) is 23.3 Å². The largest absolute Gasteiger partial charge is 0.352 e. The van der Waals surface area contributed by atoms with Crippen LogP contribution in [-0.2, 0) is 15.6 Å². The summed E-state index contributed by atoms with van der Waals surface area (Å²) in [5.74, 6) is -4.60. The Morgan fingerprint density at radius 2 is 2.00 bits per heavy atom. The summed E-state index contributed by atoms with van der Waals surface area (Å²) in [5.41, 5.74) is 2.99. The van der Waals surface area contributed by atoms with E-state index in [0.29, 0.717) is 5.69 Å². The van der Waals surface area contributed by atoms with Crippen LogP contribution < -0.4 is 10.8 Å². The summed E-state index contributed by atoms with van der Waals surface area (Å²) in [5, 5.41) is 2.74. The Labute approximate surface area is 151 Å². The molecule has 0 bridgehead atoms. The quantitative estimate of drug-likeness (QED) is 0.535. The standard InChI is InChI=1S/C14H9F3IN3O2S/c1-6-4-7(18)2-3-10(6)19-13-8(14-20-23-24(22)21-14)5-9(15)11(16)12(13)17/h2-5,19H,1H3,(H,20,21). The number of hydrogen-bond acceptors (Lipinski definition) is 4. The minimum atomic E-state index is -2.02. The number of halogens is 4. The van der Waals surface area contributed by atoms with Crippen molar-refractivity contribution in [3.8, 4) is 0 Å². The van der Waals surface area contributed by atoms with Crippen LogP contribution in [0.4, 0.5) is 24.5 Å². The van der Waals surface area contributed by atoms with E-state index in [-0.39, 0.29) is 17.1 Å². The molecule has 0 fully saturated rings. The highest BCUT2D eigenvalue weighted by Gasteiger charge is 2.25. The Morgan fingerprint density at radius 3 is 2.62 bits per heavy atom. The number of aryl methyl sites for hydroxylation is 1. The summed E-state index contributed by atoms with van der Waals surface area (Å²) in [6, 6.07) is 6.04. The Hall–Kier alpha value is -1.66. The average Bonchev–Trinajstić information content (AvgIpc) is 2.96. The first kappa shape index (κ1) is 17.2. The molecular weight excluding hydrogens is 458 g/mol. The van der Waals surface area contributed by atoms with Gasteiger partial charge in [-0.05, 0) is 59.3 Å². The molecule has 1 atom stereocenters. The number of hydroxylamine groups is 1. The van der Waals surface area contributed by atoms with E-state index in [9.17, 15) is 17.4 Å². The lowest BCUT2D eigenvalue weighted by Crippen LogP contribution is -2.20. The molecule has 0 radical (unpaired) electrons. The first-order chi connectivity index (χ1) is 11.4. The zero-order valence-corrected chi connectivity index (χ0v) is 15.0. The third-order valence-corrected chi connectivity index (χ3v) is 4.47. The van der Waals surface area contributed by atoms with Gasteiger partial charge in [-0.15, -0.1) is 4.40 Å². The SMILES string of the molecule is Cc1cc(I)ccc1Nc1c(C2=NS(=O)ON2)cc(F)c(F)c1F. The fourth-order valence-electron chi connectivity index (χ4n) is 2.10. The topological polar surface area (TPSA) is 62.7 Å². The van der Waals surface area contributed by atoms with Gasteiger partial charge in [0.25, 0.3) is 0 Å². The maximum Gasteiger partial charge on any atom is 0.309 e. The van der Waals surface area contributed by atoms with Gasteiger partial charge in [-0.1, -0.05) is 0 Å². The molecule has 0 aliphatic carbocycles. The van der Waals surface area contributed by atoms with E-state index >= 15 is 0 Å². The molecule has 2 N–H and O–H groups in total. The Morgan fingerprint density at radius 1 is 1.25 bits per heavy atom. The number of benzene rings is 2. The van der Waals surface area contributed by atoms with Crippen LogP contribution >= 0.6 is 22.6 Å². The van der Waals surface area contributed by atoms with Crippen molar-refractivity contribution in [1.82, 2.24) is 5.48 Å². The van der Waals surface area contributed by atoms with Gasteiger partial charge in [-0.25, -0.2) is 22.9 Å². The number of rotatable bonds is 3. The summed E-state index contributed by atoms with van der Waals surface area (Å²) >= 11 is 0.0936. The van der Waals surface area contributed by atoms with Gasteiger partial charge in [0.1, 0.15) is 0 Å². The van der Waals surface area contributed by atoms with E-state index in [1.54, 1.807) is 19.1 Å². The first-order valence-electron chi connectivity index (χ1n) is 6.51. The van der Waals surface area contributed by atoms with E-state index in [2.05, 4.69) is 42.1 Å². The highest BCUT2D eigenvalue weighted by molar-refractivity contribution is 14.1. The van der Waals surface area contributed by atoms with Crippen molar-refractivity contribution in [2.24, 2.45) is 4.40 Å². The molecule has 0 saturated heterocycles. The predicted octanol–water partition coefficient (Wildman–Crippen LogP) is 3.62. The molecule has 1 unspecified atom stereocenters. The molecule has 0 spiro atoms. The van der Waals surface area contributed by atoms with Crippen LogP contribution in [-0.4, -0.2) is 10.0 Å². The second kappa shape index (κ2) is 6.69. The van der Waals surface area contributed by atoms with Gasteiger partial charge in [-0.2, -0.15) is 4.28 Å². The van der Waals surface area contributed by atoms with E-state index in [1.165, 1.54) is 0 Å². The van der Waals surface area contributed by atoms with Gasteiger partial charge in [-0.3, -0.25) is 0 Å². The predicted molar refractivity (Wildman–Crippen MR) is 92.4 cm³/mol. The van der Waals surface area contributed by atoms with Crippen LogP contribution in [0.25, 0.3) is 0 Å². The normalized spacial score (nSPS) is 16.7. The maximum absolute atomic E-state index is 14.3. The van der Waals surface area contributed by atoms with E-state index in [4.69, 9.17) is 0 Å². The summed E-state index contributed by atoms with van der Waals surface area (Å²) in [7, 11) is 0. The molecule has 1 aliphatic heterocycles. The minimum absolute atomic E-state index is 0.143. The third-order valence-electron chi connectivity index (χ3n) is 3.24. The van der Waals surface area contributed by atoms with Crippen molar-refractivity contribution in [2.75, 3.05) is 5.32 Å². The third kappa shape index (κ3) is 3.26. The summed E-state index contributed by atoms with van der Waals surface area (Å²) in [6.45, 7) is 1.78. The summed E-state index contributed by atoms with van der Waals surface area (Å²) in [6.07, 6.45) is 0. The molecule has 0 aromatic heterocycles. The number of hydrogen-bond donors (Lipinski definition) is 2. The number of anilines is 2. The second-order valence-corrected chi connectivity index (χ2v) is 6.86. The number of nitrogens with zero attached hydrogens (tertiary/aromatic N) is 1. The Kier molecular flexibility index (Phi) is 4.78.